The molecular weight excluding hydrogens is 364 g/mol. The number of ether oxygens (including phenoxy) is 1. The van der Waals surface area contributed by atoms with Crippen molar-refractivity contribution in [2.75, 3.05) is 26.3 Å². The molecule has 1 aliphatic heterocycles. The highest BCUT2D eigenvalue weighted by Crippen LogP contribution is 2.62. The number of hydrogen-bond acceptors (Lipinski definition) is 3. The van der Waals surface area contributed by atoms with Crippen LogP contribution in [-0.2, 0) is 16.0 Å². The lowest BCUT2D eigenvalue weighted by Crippen LogP contribution is -2.52. The van der Waals surface area contributed by atoms with Gasteiger partial charge in [0.2, 0.25) is 5.91 Å². The number of carbonyl (C=O) groups is 2. The zero-order valence-corrected chi connectivity index (χ0v) is 18.2. The van der Waals surface area contributed by atoms with E-state index >= 15 is 0 Å². The Balaban J connectivity index is 1.48. The van der Waals surface area contributed by atoms with Gasteiger partial charge in [0.25, 0.3) is 5.91 Å². The normalized spacial score (nSPS) is 30.4. The molecule has 3 unspecified atom stereocenters. The minimum absolute atomic E-state index is 0.0167. The summed E-state index contributed by atoms with van der Waals surface area (Å²) in [5.41, 5.74) is 2.97. The maximum Gasteiger partial charge on any atom is 0.251 e. The van der Waals surface area contributed by atoms with E-state index in [9.17, 15) is 9.59 Å². The largest absolute Gasteiger partial charge is 0.378 e. The molecule has 5 heteroatoms. The number of aryl methyl sites for hydroxylation is 1. The van der Waals surface area contributed by atoms with Crippen molar-refractivity contribution in [2.24, 2.45) is 16.7 Å². The number of morpholine rings is 1. The van der Waals surface area contributed by atoms with E-state index in [2.05, 4.69) is 26.1 Å². The maximum absolute atomic E-state index is 13.1. The zero-order valence-electron chi connectivity index (χ0n) is 18.2. The fourth-order valence-corrected chi connectivity index (χ4v) is 5.97. The van der Waals surface area contributed by atoms with E-state index in [1.54, 1.807) is 0 Å². The first kappa shape index (κ1) is 20.4. The second-order valence-corrected chi connectivity index (χ2v) is 10.1. The monoisotopic (exact) mass is 398 g/mol. The lowest BCUT2D eigenvalue weighted by molar-refractivity contribution is -0.134. The van der Waals surface area contributed by atoms with Crippen LogP contribution in [0, 0.1) is 23.7 Å². The summed E-state index contributed by atoms with van der Waals surface area (Å²) < 4.78 is 5.34. The van der Waals surface area contributed by atoms with Crippen LogP contribution in [0.5, 0.6) is 0 Å². The lowest BCUT2D eigenvalue weighted by atomic mass is 9.68. The third kappa shape index (κ3) is 3.70. The molecular formula is C24H34N2O3. The molecule has 0 spiro atoms. The van der Waals surface area contributed by atoms with Gasteiger partial charge in [-0.3, -0.25) is 9.59 Å². The van der Waals surface area contributed by atoms with Crippen molar-refractivity contribution in [3.63, 3.8) is 0 Å². The molecule has 158 valence electrons. The molecule has 3 aliphatic rings. The van der Waals surface area contributed by atoms with E-state index < -0.39 is 0 Å². The van der Waals surface area contributed by atoms with Gasteiger partial charge < -0.3 is 15.0 Å². The number of rotatable bonds is 4. The Bertz CT molecular complexity index is 808. The number of fused-ring (bicyclic) bond motifs is 2. The third-order valence-electron chi connectivity index (χ3n) is 7.86. The minimum Gasteiger partial charge on any atom is -0.378 e. The molecule has 2 amide bonds. The number of hydrogen-bond donors (Lipinski definition) is 1. The Morgan fingerprint density at radius 3 is 2.59 bits per heavy atom. The van der Waals surface area contributed by atoms with E-state index in [-0.39, 0.29) is 28.7 Å². The summed E-state index contributed by atoms with van der Waals surface area (Å²) in [6.45, 7) is 11.4. The van der Waals surface area contributed by atoms with Gasteiger partial charge in [-0.1, -0.05) is 26.8 Å². The highest BCUT2D eigenvalue weighted by Gasteiger charge is 2.59. The Morgan fingerprint density at radius 2 is 1.93 bits per heavy atom. The molecule has 5 nitrogen and oxygen atoms in total. The second kappa shape index (κ2) is 7.42. The molecule has 2 saturated carbocycles. The van der Waals surface area contributed by atoms with E-state index in [1.165, 1.54) is 19.3 Å². The molecule has 2 aliphatic carbocycles. The maximum atomic E-state index is 13.1. The fraction of sp³-hybridized carbons (Fsp3) is 0.667. The van der Waals surface area contributed by atoms with Gasteiger partial charge in [0.05, 0.1) is 19.6 Å². The van der Waals surface area contributed by atoms with Crippen LogP contribution in [0.3, 0.4) is 0 Å². The summed E-state index contributed by atoms with van der Waals surface area (Å²) in [4.78, 5) is 27.7. The summed E-state index contributed by atoms with van der Waals surface area (Å²) in [5.74, 6) is 0.783. The van der Waals surface area contributed by atoms with Crippen molar-refractivity contribution in [3.05, 3.63) is 34.9 Å². The molecule has 29 heavy (non-hydrogen) atoms. The van der Waals surface area contributed by atoms with Crippen LogP contribution in [0.15, 0.2) is 18.2 Å². The Labute approximate surface area is 174 Å². The van der Waals surface area contributed by atoms with Crippen molar-refractivity contribution in [1.29, 1.82) is 0 Å². The van der Waals surface area contributed by atoms with Crippen LogP contribution in [0.4, 0.5) is 0 Å². The van der Waals surface area contributed by atoms with Crippen molar-refractivity contribution >= 4 is 11.8 Å². The topological polar surface area (TPSA) is 58.6 Å². The van der Waals surface area contributed by atoms with Gasteiger partial charge >= 0.3 is 0 Å². The molecule has 1 aromatic rings. The van der Waals surface area contributed by atoms with Gasteiger partial charge in [0, 0.05) is 24.7 Å². The average Bonchev–Trinajstić information content (AvgIpc) is 3.18. The first-order chi connectivity index (χ1) is 13.7. The number of amides is 2. The van der Waals surface area contributed by atoms with Gasteiger partial charge in [-0.2, -0.15) is 0 Å². The second-order valence-electron chi connectivity index (χ2n) is 10.1. The first-order valence-corrected chi connectivity index (χ1v) is 11.0. The summed E-state index contributed by atoms with van der Waals surface area (Å²) in [7, 11) is 0. The summed E-state index contributed by atoms with van der Waals surface area (Å²) >= 11 is 0. The predicted octanol–water partition coefficient (Wildman–Crippen LogP) is 3.34. The van der Waals surface area contributed by atoms with E-state index in [0.29, 0.717) is 44.2 Å². The minimum atomic E-state index is -0.0167. The Hall–Kier alpha value is -1.88. The fourth-order valence-electron chi connectivity index (χ4n) is 5.97. The molecule has 2 bridgehead atoms. The highest BCUT2D eigenvalue weighted by molar-refractivity contribution is 5.95. The van der Waals surface area contributed by atoms with E-state index in [1.807, 2.05) is 30.0 Å². The molecule has 1 saturated heterocycles. The SMILES string of the molecule is Cc1ccc(C(=O)NC2C3(C)CCC(C3)C2(C)C)cc1CC(=O)N1CCOCC1. The van der Waals surface area contributed by atoms with Crippen LogP contribution in [0.1, 0.15) is 61.5 Å². The number of nitrogens with one attached hydrogen (secondary N) is 1. The van der Waals surface area contributed by atoms with Gasteiger partial charge in [-0.15, -0.1) is 0 Å². The van der Waals surface area contributed by atoms with Crippen LogP contribution in [-0.4, -0.2) is 49.1 Å². The van der Waals surface area contributed by atoms with Gasteiger partial charge in [-0.25, -0.2) is 0 Å². The van der Waals surface area contributed by atoms with Gasteiger partial charge in [0.1, 0.15) is 0 Å². The molecule has 3 fully saturated rings. The number of carbonyl (C=O) groups excluding carboxylic acids is 2. The summed E-state index contributed by atoms with van der Waals surface area (Å²) in [5, 5.41) is 3.37. The van der Waals surface area contributed by atoms with Crippen molar-refractivity contribution in [3.8, 4) is 0 Å². The smallest absolute Gasteiger partial charge is 0.251 e. The summed E-state index contributed by atoms with van der Waals surface area (Å²) in [6, 6.07) is 5.95. The number of benzene rings is 1. The number of nitrogens with zero attached hydrogens (tertiary/aromatic N) is 1. The molecule has 3 atom stereocenters. The Kier molecular flexibility index (Phi) is 5.22. The summed E-state index contributed by atoms with van der Waals surface area (Å²) in [6.07, 6.45) is 4.01. The van der Waals surface area contributed by atoms with Gasteiger partial charge in [-0.05, 0) is 66.2 Å². The van der Waals surface area contributed by atoms with Crippen molar-refractivity contribution < 1.29 is 14.3 Å². The Morgan fingerprint density at radius 1 is 1.21 bits per heavy atom. The molecule has 1 aromatic carbocycles. The standard InChI is InChI=1S/C24H34N2O3/c1-16-5-6-17(13-18(16)14-20(27)26-9-11-29-12-10-26)21(28)25-22-23(2,3)19-7-8-24(22,4)15-19/h5-6,13,19,22H,7-12,14-15H2,1-4H3,(H,25,28). The molecule has 0 radical (unpaired) electrons. The van der Waals surface area contributed by atoms with Crippen molar-refractivity contribution in [2.45, 2.75) is 59.4 Å². The first-order valence-electron chi connectivity index (χ1n) is 11.0. The quantitative estimate of drug-likeness (QED) is 0.846. The molecule has 1 N–H and O–H groups in total. The van der Waals surface area contributed by atoms with Crippen LogP contribution in [0.25, 0.3) is 0 Å². The van der Waals surface area contributed by atoms with E-state index in [0.717, 1.165) is 11.1 Å². The van der Waals surface area contributed by atoms with Crippen LogP contribution in [0.2, 0.25) is 0 Å². The molecule has 4 rings (SSSR count). The average molecular weight is 399 g/mol. The predicted molar refractivity (Wildman–Crippen MR) is 113 cm³/mol. The zero-order chi connectivity index (χ0) is 20.8. The molecule has 1 heterocycles. The van der Waals surface area contributed by atoms with Crippen LogP contribution >= 0.6 is 0 Å². The molecule has 0 aromatic heterocycles. The highest BCUT2D eigenvalue weighted by atomic mass is 16.5. The van der Waals surface area contributed by atoms with Gasteiger partial charge in [0.15, 0.2) is 0 Å². The van der Waals surface area contributed by atoms with Crippen LogP contribution < -0.4 is 5.32 Å². The lowest BCUT2D eigenvalue weighted by Gasteiger charge is -2.43. The van der Waals surface area contributed by atoms with E-state index in [4.69, 9.17) is 4.74 Å². The third-order valence-corrected chi connectivity index (χ3v) is 7.86. The van der Waals surface area contributed by atoms with Crippen molar-refractivity contribution in [1.82, 2.24) is 10.2 Å².